The smallest absolute Gasteiger partial charge is 0.145 e. The van der Waals surface area contributed by atoms with E-state index >= 15 is 0 Å². The van der Waals surface area contributed by atoms with Crippen LogP contribution in [0.15, 0.2) is 36.7 Å². The summed E-state index contributed by atoms with van der Waals surface area (Å²) >= 11 is 0. The summed E-state index contributed by atoms with van der Waals surface area (Å²) in [5.41, 5.74) is 5.27. The highest BCUT2D eigenvalue weighted by Crippen LogP contribution is 2.29. The number of para-hydroxylation sites is 1. The second-order valence-corrected chi connectivity index (χ2v) is 8.44. The molecule has 1 aromatic carbocycles. The third-order valence-corrected chi connectivity index (χ3v) is 6.47. The van der Waals surface area contributed by atoms with Crippen molar-refractivity contribution in [2.45, 2.75) is 44.8 Å². The molecule has 0 aliphatic carbocycles. The quantitative estimate of drug-likeness (QED) is 0.700. The van der Waals surface area contributed by atoms with Crippen LogP contribution in [0.5, 0.6) is 0 Å². The molecule has 0 N–H and O–H groups in total. The second kappa shape index (κ2) is 7.30. The number of fused-ring (bicyclic) bond motifs is 2. The Balaban J connectivity index is 1.34. The molecule has 4 heterocycles. The van der Waals surface area contributed by atoms with Gasteiger partial charge >= 0.3 is 0 Å². The van der Waals surface area contributed by atoms with Gasteiger partial charge in [-0.1, -0.05) is 24.6 Å². The van der Waals surface area contributed by atoms with Gasteiger partial charge in [0.1, 0.15) is 5.82 Å². The van der Waals surface area contributed by atoms with Gasteiger partial charge in [-0.15, -0.1) is 0 Å². The van der Waals surface area contributed by atoms with E-state index < -0.39 is 0 Å². The maximum atomic E-state index is 5.00. The molecule has 0 amide bonds. The Morgan fingerprint density at radius 1 is 1.11 bits per heavy atom. The topological polar surface area (TPSA) is 37.2 Å². The van der Waals surface area contributed by atoms with Crippen molar-refractivity contribution in [2.75, 3.05) is 20.1 Å². The molecule has 0 radical (unpaired) electrons. The van der Waals surface area contributed by atoms with E-state index in [9.17, 15) is 0 Å². The molecular formula is C23H29N5. The molecule has 5 heteroatoms. The summed E-state index contributed by atoms with van der Waals surface area (Å²) in [4.78, 5) is 14.7. The molecular weight excluding hydrogens is 346 g/mol. The van der Waals surface area contributed by atoms with Crippen molar-refractivity contribution in [3.05, 3.63) is 59.3 Å². The van der Waals surface area contributed by atoms with Crippen molar-refractivity contribution in [3.8, 4) is 0 Å². The second-order valence-electron chi connectivity index (χ2n) is 8.44. The lowest BCUT2D eigenvalue weighted by atomic mass is 10.0. The predicted octanol–water partition coefficient (Wildman–Crippen LogP) is 3.68. The molecule has 0 spiro atoms. The van der Waals surface area contributed by atoms with Gasteiger partial charge in [-0.2, -0.15) is 0 Å². The summed E-state index contributed by atoms with van der Waals surface area (Å²) in [6.45, 7) is 4.14. The van der Waals surface area contributed by atoms with Gasteiger partial charge in [0.15, 0.2) is 0 Å². The van der Waals surface area contributed by atoms with Gasteiger partial charge in [0.05, 0.1) is 6.04 Å². The van der Waals surface area contributed by atoms with E-state index in [2.05, 4.69) is 65.1 Å². The molecule has 5 nitrogen and oxygen atoms in total. The fraction of sp³-hybridized carbons (Fsp3) is 0.478. The molecule has 1 fully saturated rings. The minimum atomic E-state index is 0.396. The largest absolute Gasteiger partial charge is 0.350 e. The molecule has 3 aromatic rings. The Morgan fingerprint density at radius 2 is 2.00 bits per heavy atom. The lowest BCUT2D eigenvalue weighted by molar-refractivity contribution is 0.178. The number of nitrogens with zero attached hydrogens (tertiary/aromatic N) is 5. The SMILES string of the molecule is CN1CCCC[C@H]1c1ncc2c(n1)CCN(Cc1cn(C)c3ccccc13)C2. The lowest BCUT2D eigenvalue weighted by Gasteiger charge is -2.32. The van der Waals surface area contributed by atoms with E-state index in [1.54, 1.807) is 0 Å². The molecule has 1 saturated heterocycles. The molecule has 0 unspecified atom stereocenters. The van der Waals surface area contributed by atoms with Crippen LogP contribution >= 0.6 is 0 Å². The Bertz CT molecular complexity index is 992. The third-order valence-electron chi connectivity index (χ3n) is 6.47. The summed E-state index contributed by atoms with van der Waals surface area (Å²) in [5, 5.41) is 1.36. The van der Waals surface area contributed by atoms with Crippen LogP contribution in [0, 0.1) is 0 Å². The van der Waals surface area contributed by atoms with Crippen molar-refractivity contribution < 1.29 is 0 Å². The first-order valence-electron chi connectivity index (χ1n) is 10.5. The van der Waals surface area contributed by atoms with E-state index in [0.29, 0.717) is 6.04 Å². The Morgan fingerprint density at radius 3 is 2.89 bits per heavy atom. The van der Waals surface area contributed by atoms with Crippen LogP contribution < -0.4 is 0 Å². The van der Waals surface area contributed by atoms with Crippen molar-refractivity contribution in [1.82, 2.24) is 24.3 Å². The average molecular weight is 376 g/mol. The average Bonchev–Trinajstić information content (AvgIpc) is 3.04. The highest BCUT2D eigenvalue weighted by molar-refractivity contribution is 5.83. The van der Waals surface area contributed by atoms with E-state index in [0.717, 1.165) is 38.4 Å². The zero-order chi connectivity index (χ0) is 19.1. The van der Waals surface area contributed by atoms with Gasteiger partial charge in [0.2, 0.25) is 0 Å². The normalized spacial score (nSPS) is 21.1. The molecule has 5 rings (SSSR count). The monoisotopic (exact) mass is 375 g/mol. The number of piperidine rings is 1. The van der Waals surface area contributed by atoms with Crippen molar-refractivity contribution in [1.29, 1.82) is 0 Å². The van der Waals surface area contributed by atoms with Crippen molar-refractivity contribution in [2.24, 2.45) is 7.05 Å². The summed E-state index contributed by atoms with van der Waals surface area (Å²) < 4.78 is 2.23. The van der Waals surface area contributed by atoms with Crippen LogP contribution in [-0.4, -0.2) is 44.5 Å². The molecule has 0 saturated carbocycles. The van der Waals surface area contributed by atoms with Gasteiger partial charge < -0.3 is 4.57 Å². The molecule has 28 heavy (non-hydrogen) atoms. The number of aryl methyl sites for hydroxylation is 1. The van der Waals surface area contributed by atoms with Gasteiger partial charge in [0.25, 0.3) is 0 Å². The first kappa shape index (κ1) is 17.8. The highest BCUT2D eigenvalue weighted by atomic mass is 15.2. The fourth-order valence-corrected chi connectivity index (χ4v) is 4.88. The molecule has 2 aliphatic rings. The maximum absolute atomic E-state index is 5.00. The first-order valence-corrected chi connectivity index (χ1v) is 10.5. The number of aromatic nitrogens is 3. The lowest BCUT2D eigenvalue weighted by Crippen LogP contribution is -2.33. The maximum Gasteiger partial charge on any atom is 0.145 e. The number of benzene rings is 1. The molecule has 2 aliphatic heterocycles. The van der Waals surface area contributed by atoms with Crippen molar-refractivity contribution >= 4 is 10.9 Å². The van der Waals surface area contributed by atoms with Crippen LogP contribution in [0.1, 0.15) is 47.9 Å². The summed E-state index contributed by atoms with van der Waals surface area (Å²) in [6, 6.07) is 9.07. The molecule has 0 bridgehead atoms. The fourth-order valence-electron chi connectivity index (χ4n) is 4.88. The van der Waals surface area contributed by atoms with Gasteiger partial charge in [-0.05, 0) is 38.1 Å². The Kier molecular flexibility index (Phi) is 4.65. The standard InChI is InChI=1S/C23H29N5/c1-26-11-6-5-9-22(26)23-24-13-17-15-28(12-10-20(17)25-23)16-18-14-27(2)21-8-4-3-7-19(18)21/h3-4,7-8,13-14,22H,5-6,9-12,15-16H2,1-2H3/t22-/m0/s1. The van der Waals surface area contributed by atoms with Crippen LogP contribution in [0.3, 0.4) is 0 Å². The minimum absolute atomic E-state index is 0.396. The number of hydrogen-bond donors (Lipinski definition) is 0. The van der Waals surface area contributed by atoms with Gasteiger partial charge in [0, 0.05) is 67.7 Å². The van der Waals surface area contributed by atoms with Crippen LogP contribution in [0.2, 0.25) is 0 Å². The van der Waals surface area contributed by atoms with Crippen LogP contribution in [0.4, 0.5) is 0 Å². The molecule has 146 valence electrons. The molecule has 2 aromatic heterocycles. The Labute approximate surface area is 167 Å². The number of likely N-dealkylation sites (tertiary alicyclic amines) is 1. The van der Waals surface area contributed by atoms with Gasteiger partial charge in [-0.3, -0.25) is 9.80 Å². The summed E-state index contributed by atoms with van der Waals surface area (Å²) in [7, 11) is 4.34. The van der Waals surface area contributed by atoms with Gasteiger partial charge in [-0.25, -0.2) is 9.97 Å². The van der Waals surface area contributed by atoms with Crippen LogP contribution in [-0.2, 0) is 26.6 Å². The predicted molar refractivity (Wildman–Crippen MR) is 112 cm³/mol. The van der Waals surface area contributed by atoms with Crippen LogP contribution in [0.25, 0.3) is 10.9 Å². The van der Waals surface area contributed by atoms with E-state index in [4.69, 9.17) is 9.97 Å². The number of hydrogen-bond acceptors (Lipinski definition) is 4. The zero-order valence-corrected chi connectivity index (χ0v) is 16.9. The number of rotatable bonds is 3. The first-order chi connectivity index (χ1) is 13.7. The summed E-state index contributed by atoms with van der Waals surface area (Å²) in [6.07, 6.45) is 9.15. The zero-order valence-electron chi connectivity index (χ0n) is 16.9. The van der Waals surface area contributed by atoms with E-state index in [-0.39, 0.29) is 0 Å². The minimum Gasteiger partial charge on any atom is -0.350 e. The van der Waals surface area contributed by atoms with E-state index in [1.807, 2.05) is 0 Å². The Hall–Kier alpha value is -2.24. The molecule has 1 atom stereocenters. The van der Waals surface area contributed by atoms with E-state index in [1.165, 1.54) is 47.0 Å². The summed E-state index contributed by atoms with van der Waals surface area (Å²) in [5.74, 6) is 1.03. The van der Waals surface area contributed by atoms with Crippen molar-refractivity contribution in [3.63, 3.8) is 0 Å². The highest BCUT2D eigenvalue weighted by Gasteiger charge is 2.26. The third kappa shape index (κ3) is 3.23.